The highest BCUT2D eigenvalue weighted by Gasteiger charge is 2.18. The average Bonchev–Trinajstić information content (AvgIpc) is 2.15. The van der Waals surface area contributed by atoms with E-state index >= 15 is 0 Å². The Hall–Kier alpha value is -0.930. The number of benzene rings is 1. The smallest absolute Gasteiger partial charge is 0.326 e. The molecule has 0 bridgehead atoms. The first-order valence-corrected chi connectivity index (χ1v) is 5.09. The zero-order valence-corrected chi connectivity index (χ0v) is 9.88. The standard InChI is InChI=1S/C10H11Cl2NO2/c1-6(10(14)15)13(2)9-4-3-7(11)5-8(9)12/h3-6H,1-2H3,(H,14,15)/t6-/m1/s1. The van der Waals surface area contributed by atoms with Crippen molar-refractivity contribution >= 4 is 34.9 Å². The van der Waals surface area contributed by atoms with Crippen LogP contribution < -0.4 is 4.90 Å². The lowest BCUT2D eigenvalue weighted by molar-refractivity contribution is -0.138. The highest BCUT2D eigenvalue weighted by atomic mass is 35.5. The van der Waals surface area contributed by atoms with Crippen LogP contribution in [0.3, 0.4) is 0 Å². The second-order valence-corrected chi connectivity index (χ2v) is 4.06. The van der Waals surface area contributed by atoms with Crippen LogP contribution in [0.2, 0.25) is 10.0 Å². The van der Waals surface area contributed by atoms with E-state index < -0.39 is 12.0 Å². The second kappa shape index (κ2) is 4.73. The Labute approximate surface area is 98.2 Å². The number of likely N-dealkylation sites (N-methyl/N-ethyl adjacent to an activating group) is 1. The molecule has 82 valence electrons. The van der Waals surface area contributed by atoms with E-state index in [1.54, 1.807) is 37.1 Å². The molecule has 0 aliphatic heterocycles. The molecule has 1 atom stereocenters. The summed E-state index contributed by atoms with van der Waals surface area (Å²) in [4.78, 5) is 12.4. The summed E-state index contributed by atoms with van der Waals surface area (Å²) in [6.07, 6.45) is 0. The lowest BCUT2D eigenvalue weighted by atomic mass is 10.2. The number of carboxylic acid groups (broad SMARTS) is 1. The van der Waals surface area contributed by atoms with Crippen molar-refractivity contribution in [3.05, 3.63) is 28.2 Å². The van der Waals surface area contributed by atoms with Crippen LogP contribution in [0, 0.1) is 0 Å². The maximum atomic E-state index is 10.8. The van der Waals surface area contributed by atoms with Gasteiger partial charge in [0.25, 0.3) is 0 Å². The van der Waals surface area contributed by atoms with E-state index in [0.717, 1.165) is 0 Å². The number of anilines is 1. The minimum atomic E-state index is -0.900. The van der Waals surface area contributed by atoms with Gasteiger partial charge in [0.2, 0.25) is 0 Å². The molecule has 0 saturated heterocycles. The summed E-state index contributed by atoms with van der Waals surface area (Å²) in [5.41, 5.74) is 0.649. The summed E-state index contributed by atoms with van der Waals surface area (Å²) >= 11 is 11.7. The van der Waals surface area contributed by atoms with Crippen molar-refractivity contribution < 1.29 is 9.90 Å². The first-order valence-electron chi connectivity index (χ1n) is 4.34. The van der Waals surface area contributed by atoms with Gasteiger partial charge in [-0.3, -0.25) is 0 Å². The van der Waals surface area contributed by atoms with Gasteiger partial charge in [-0.05, 0) is 25.1 Å². The van der Waals surface area contributed by atoms with Crippen LogP contribution in [0.25, 0.3) is 0 Å². The lowest BCUT2D eigenvalue weighted by Gasteiger charge is -2.24. The van der Waals surface area contributed by atoms with Gasteiger partial charge < -0.3 is 10.0 Å². The molecular formula is C10H11Cl2NO2. The molecule has 0 radical (unpaired) electrons. The van der Waals surface area contributed by atoms with Crippen LogP contribution in [0.15, 0.2) is 18.2 Å². The third-order valence-corrected chi connectivity index (χ3v) is 2.77. The van der Waals surface area contributed by atoms with Gasteiger partial charge in [-0.1, -0.05) is 23.2 Å². The third kappa shape index (κ3) is 2.76. The summed E-state index contributed by atoms with van der Waals surface area (Å²) in [6.45, 7) is 1.59. The van der Waals surface area contributed by atoms with Gasteiger partial charge in [-0.15, -0.1) is 0 Å². The zero-order chi connectivity index (χ0) is 11.6. The summed E-state index contributed by atoms with van der Waals surface area (Å²) in [7, 11) is 1.67. The van der Waals surface area contributed by atoms with Gasteiger partial charge in [0, 0.05) is 12.1 Å². The predicted octanol–water partition coefficient (Wildman–Crippen LogP) is 2.90. The number of hydrogen-bond donors (Lipinski definition) is 1. The minimum absolute atomic E-state index is 0.443. The Balaban J connectivity index is 3.01. The molecule has 0 aliphatic rings. The Bertz CT molecular complexity index is 382. The van der Waals surface area contributed by atoms with Crippen molar-refractivity contribution in [2.45, 2.75) is 13.0 Å². The second-order valence-electron chi connectivity index (χ2n) is 3.22. The average molecular weight is 248 g/mol. The molecule has 0 amide bonds. The first kappa shape index (κ1) is 12.1. The molecule has 0 aliphatic carbocycles. The molecule has 1 aromatic rings. The van der Waals surface area contributed by atoms with Crippen molar-refractivity contribution in [3.63, 3.8) is 0 Å². The molecule has 0 aromatic heterocycles. The van der Waals surface area contributed by atoms with Crippen molar-refractivity contribution in [1.29, 1.82) is 0 Å². The highest BCUT2D eigenvalue weighted by Crippen LogP contribution is 2.29. The molecule has 3 nitrogen and oxygen atoms in total. The van der Waals surface area contributed by atoms with E-state index in [2.05, 4.69) is 0 Å². The van der Waals surface area contributed by atoms with Crippen molar-refractivity contribution in [1.82, 2.24) is 0 Å². The van der Waals surface area contributed by atoms with Gasteiger partial charge >= 0.3 is 5.97 Å². The fourth-order valence-electron chi connectivity index (χ4n) is 1.14. The number of nitrogens with zero attached hydrogens (tertiary/aromatic N) is 1. The van der Waals surface area contributed by atoms with Crippen LogP contribution in [0.4, 0.5) is 5.69 Å². The summed E-state index contributed by atoms with van der Waals surface area (Å²) in [5.74, 6) is -0.900. The highest BCUT2D eigenvalue weighted by molar-refractivity contribution is 6.36. The van der Waals surface area contributed by atoms with E-state index in [-0.39, 0.29) is 0 Å². The molecule has 0 spiro atoms. The van der Waals surface area contributed by atoms with E-state index in [9.17, 15) is 4.79 Å². The summed E-state index contributed by atoms with van der Waals surface area (Å²) < 4.78 is 0. The molecule has 0 fully saturated rings. The molecule has 1 N–H and O–H groups in total. The molecule has 1 rings (SSSR count). The van der Waals surface area contributed by atoms with Gasteiger partial charge in [0.05, 0.1) is 10.7 Å². The van der Waals surface area contributed by atoms with Gasteiger partial charge in [0.1, 0.15) is 6.04 Å². The maximum Gasteiger partial charge on any atom is 0.326 e. The van der Waals surface area contributed by atoms with Gasteiger partial charge in [-0.2, -0.15) is 0 Å². The Kier molecular flexibility index (Phi) is 3.83. The molecule has 0 saturated carbocycles. The van der Waals surface area contributed by atoms with E-state index in [0.29, 0.717) is 15.7 Å². The molecule has 0 heterocycles. The SMILES string of the molecule is C[C@H](C(=O)O)N(C)c1ccc(Cl)cc1Cl. The van der Waals surface area contributed by atoms with E-state index in [1.807, 2.05) is 0 Å². The number of hydrogen-bond acceptors (Lipinski definition) is 2. The Morgan fingerprint density at radius 3 is 2.53 bits per heavy atom. The number of carboxylic acids is 1. The topological polar surface area (TPSA) is 40.5 Å². The molecule has 1 aromatic carbocycles. The lowest BCUT2D eigenvalue weighted by Crippen LogP contribution is -2.35. The maximum absolute atomic E-state index is 10.8. The fourth-order valence-corrected chi connectivity index (χ4v) is 1.68. The van der Waals surface area contributed by atoms with Crippen LogP contribution in [0.5, 0.6) is 0 Å². The number of halogens is 2. The van der Waals surface area contributed by atoms with Crippen LogP contribution in [-0.4, -0.2) is 24.2 Å². The van der Waals surface area contributed by atoms with Gasteiger partial charge in [0.15, 0.2) is 0 Å². The van der Waals surface area contributed by atoms with Crippen LogP contribution in [-0.2, 0) is 4.79 Å². The largest absolute Gasteiger partial charge is 0.480 e. The van der Waals surface area contributed by atoms with Crippen LogP contribution >= 0.6 is 23.2 Å². The monoisotopic (exact) mass is 247 g/mol. The number of rotatable bonds is 3. The molecule has 0 unspecified atom stereocenters. The summed E-state index contributed by atoms with van der Waals surface area (Å²) in [5, 5.41) is 9.82. The summed E-state index contributed by atoms with van der Waals surface area (Å²) in [6, 6.07) is 4.32. The van der Waals surface area contributed by atoms with Crippen LogP contribution in [0.1, 0.15) is 6.92 Å². The predicted molar refractivity (Wildman–Crippen MR) is 62.0 cm³/mol. The normalized spacial score (nSPS) is 12.3. The Morgan fingerprint density at radius 2 is 2.07 bits per heavy atom. The minimum Gasteiger partial charge on any atom is -0.480 e. The molecule has 15 heavy (non-hydrogen) atoms. The number of aliphatic carboxylic acids is 1. The molecule has 5 heteroatoms. The van der Waals surface area contributed by atoms with E-state index in [1.165, 1.54) is 0 Å². The Morgan fingerprint density at radius 1 is 1.47 bits per heavy atom. The number of carbonyl (C=O) groups is 1. The first-order chi connectivity index (χ1) is 6.93. The zero-order valence-electron chi connectivity index (χ0n) is 8.37. The molecular weight excluding hydrogens is 237 g/mol. The van der Waals surface area contributed by atoms with E-state index in [4.69, 9.17) is 28.3 Å². The fraction of sp³-hybridized carbons (Fsp3) is 0.300. The van der Waals surface area contributed by atoms with Crippen molar-refractivity contribution in [2.24, 2.45) is 0 Å². The van der Waals surface area contributed by atoms with Crippen molar-refractivity contribution in [3.8, 4) is 0 Å². The van der Waals surface area contributed by atoms with Crippen molar-refractivity contribution in [2.75, 3.05) is 11.9 Å². The quantitative estimate of drug-likeness (QED) is 0.893. The third-order valence-electron chi connectivity index (χ3n) is 2.23. The van der Waals surface area contributed by atoms with Gasteiger partial charge in [-0.25, -0.2) is 4.79 Å².